The van der Waals surface area contributed by atoms with E-state index in [9.17, 15) is 0 Å². The number of hydrogen-bond acceptors (Lipinski definition) is 0. The predicted molar refractivity (Wildman–Crippen MR) is 59.4 cm³/mol. The van der Waals surface area contributed by atoms with Gasteiger partial charge in [0.15, 0.2) is 0 Å². The first-order valence-corrected chi connectivity index (χ1v) is 5.02. The summed E-state index contributed by atoms with van der Waals surface area (Å²) in [7, 11) is 0. The average molecular weight is 271 g/mol. The fourth-order valence-corrected chi connectivity index (χ4v) is 2.27. The Labute approximate surface area is 109 Å². The zero-order valence-electron chi connectivity index (χ0n) is 8.75. The Morgan fingerprint density at radius 2 is 1.60 bits per heavy atom. The van der Waals surface area contributed by atoms with Gasteiger partial charge in [-0.2, -0.15) is 0 Å². The summed E-state index contributed by atoms with van der Waals surface area (Å²) in [6.07, 6.45) is 1.10. The predicted octanol–water partition coefficient (Wildman–Crippen LogP) is 3.56. The van der Waals surface area contributed by atoms with Gasteiger partial charge in [0.1, 0.15) is 0 Å². The van der Waals surface area contributed by atoms with Gasteiger partial charge in [-0.25, -0.2) is 0 Å². The van der Waals surface area contributed by atoms with Crippen molar-refractivity contribution in [2.75, 3.05) is 0 Å². The van der Waals surface area contributed by atoms with Crippen LogP contribution in [0.25, 0.3) is 11.1 Å². The third-order valence-electron chi connectivity index (χ3n) is 2.95. The van der Waals surface area contributed by atoms with E-state index in [0.717, 1.165) is 6.42 Å². The van der Waals surface area contributed by atoms with Crippen molar-refractivity contribution in [2.45, 2.75) is 13.3 Å². The van der Waals surface area contributed by atoms with E-state index in [1.165, 1.54) is 27.8 Å². The first-order valence-electron chi connectivity index (χ1n) is 5.02. The number of rotatable bonds is 0. The summed E-state index contributed by atoms with van der Waals surface area (Å²) >= 11 is 0. The maximum atomic E-state index is 2.30. The molecular weight excluding hydrogens is 259 g/mol. The maximum absolute atomic E-state index is 2.30. The molecule has 0 bridgehead atoms. The van der Waals surface area contributed by atoms with E-state index < -0.39 is 0 Å². The summed E-state index contributed by atoms with van der Waals surface area (Å²) in [6.45, 7) is 2.16. The first-order chi connectivity index (χ1) is 6.84. The van der Waals surface area contributed by atoms with Crippen LogP contribution in [0, 0.1) is 6.92 Å². The van der Waals surface area contributed by atoms with Crippen LogP contribution in [0.5, 0.6) is 0 Å². The van der Waals surface area contributed by atoms with Gasteiger partial charge in [-0.05, 0) is 35.6 Å². The molecule has 0 nitrogen and oxygen atoms in total. The Bertz CT molecular complexity index is 500. The number of aryl methyl sites for hydroxylation is 1. The standard InChI is InChI=1S/C14H12.Zr/c1-10-6-7-14-12(8-10)9-11-4-2-3-5-13(11)14;/h2-8H,9H2,1H3;. The van der Waals surface area contributed by atoms with Crippen LogP contribution in [0.15, 0.2) is 42.5 Å². The van der Waals surface area contributed by atoms with Crippen molar-refractivity contribution in [1.82, 2.24) is 0 Å². The number of fused-ring (bicyclic) bond motifs is 3. The minimum Gasteiger partial charge on any atom is -0.0619 e. The molecule has 0 aliphatic heterocycles. The van der Waals surface area contributed by atoms with E-state index in [4.69, 9.17) is 0 Å². The second-order valence-corrected chi connectivity index (χ2v) is 3.99. The van der Waals surface area contributed by atoms with E-state index >= 15 is 0 Å². The molecule has 0 saturated carbocycles. The minimum absolute atomic E-state index is 0. The van der Waals surface area contributed by atoms with Gasteiger partial charge in [-0.3, -0.25) is 0 Å². The molecule has 0 fully saturated rings. The third-order valence-corrected chi connectivity index (χ3v) is 2.95. The molecule has 0 atom stereocenters. The van der Waals surface area contributed by atoms with Crippen LogP contribution in [0.1, 0.15) is 16.7 Å². The molecule has 0 saturated heterocycles. The van der Waals surface area contributed by atoms with Crippen LogP contribution in [0.3, 0.4) is 0 Å². The van der Waals surface area contributed by atoms with Gasteiger partial charge < -0.3 is 0 Å². The first kappa shape index (κ1) is 10.8. The summed E-state index contributed by atoms with van der Waals surface area (Å²) in [6, 6.07) is 15.4. The van der Waals surface area contributed by atoms with Gasteiger partial charge in [0.25, 0.3) is 0 Å². The van der Waals surface area contributed by atoms with Crippen molar-refractivity contribution in [1.29, 1.82) is 0 Å². The van der Waals surface area contributed by atoms with Crippen LogP contribution in [-0.2, 0) is 32.6 Å². The molecule has 1 heteroatoms. The van der Waals surface area contributed by atoms with E-state index in [-0.39, 0.29) is 26.2 Å². The van der Waals surface area contributed by atoms with Crippen molar-refractivity contribution in [2.24, 2.45) is 0 Å². The van der Waals surface area contributed by atoms with Crippen LogP contribution in [-0.4, -0.2) is 0 Å². The topological polar surface area (TPSA) is 0 Å². The quantitative estimate of drug-likeness (QED) is 0.586. The van der Waals surface area contributed by atoms with Crippen molar-refractivity contribution < 1.29 is 26.2 Å². The second kappa shape index (κ2) is 4.06. The average Bonchev–Trinajstić information content (AvgIpc) is 2.54. The number of hydrogen-bond donors (Lipinski definition) is 0. The SMILES string of the molecule is Cc1ccc2c(c1)Cc1ccccc1-2.[Zr]. The molecule has 0 unspecified atom stereocenters. The maximum Gasteiger partial charge on any atom is 0 e. The molecule has 72 valence electrons. The van der Waals surface area contributed by atoms with Crippen LogP contribution < -0.4 is 0 Å². The molecule has 2 aromatic rings. The van der Waals surface area contributed by atoms with Crippen LogP contribution in [0.4, 0.5) is 0 Å². The molecule has 0 heterocycles. The summed E-state index contributed by atoms with van der Waals surface area (Å²) in [5, 5.41) is 0. The summed E-state index contributed by atoms with van der Waals surface area (Å²) in [5.41, 5.74) is 7.14. The van der Waals surface area contributed by atoms with Crippen molar-refractivity contribution in [3.05, 3.63) is 59.2 Å². The van der Waals surface area contributed by atoms with E-state index in [2.05, 4.69) is 49.4 Å². The summed E-state index contributed by atoms with van der Waals surface area (Å²) in [5.74, 6) is 0. The monoisotopic (exact) mass is 270 g/mol. The number of benzene rings is 2. The molecule has 0 aromatic heterocycles. The van der Waals surface area contributed by atoms with E-state index in [1.807, 2.05) is 0 Å². The molecule has 15 heavy (non-hydrogen) atoms. The van der Waals surface area contributed by atoms with Crippen molar-refractivity contribution in [3.63, 3.8) is 0 Å². The normalized spacial score (nSPS) is 11.5. The third kappa shape index (κ3) is 1.74. The van der Waals surface area contributed by atoms with Crippen LogP contribution >= 0.6 is 0 Å². The largest absolute Gasteiger partial charge is 0.0619 e. The Morgan fingerprint density at radius 1 is 0.867 bits per heavy atom. The summed E-state index contributed by atoms with van der Waals surface area (Å²) < 4.78 is 0. The van der Waals surface area contributed by atoms with Gasteiger partial charge in [0.05, 0.1) is 0 Å². The molecule has 1 aliphatic rings. The molecule has 2 aromatic carbocycles. The fourth-order valence-electron chi connectivity index (χ4n) is 2.27. The van der Waals surface area contributed by atoms with E-state index in [0.29, 0.717) is 0 Å². The minimum atomic E-state index is 0. The Morgan fingerprint density at radius 3 is 2.47 bits per heavy atom. The van der Waals surface area contributed by atoms with Gasteiger partial charge in [-0.1, -0.05) is 48.0 Å². The molecule has 0 spiro atoms. The molecule has 1 aliphatic carbocycles. The Hall–Kier alpha value is -0.677. The smallest absolute Gasteiger partial charge is 0 e. The van der Waals surface area contributed by atoms with Gasteiger partial charge in [0, 0.05) is 26.2 Å². The van der Waals surface area contributed by atoms with Crippen molar-refractivity contribution in [3.8, 4) is 11.1 Å². The van der Waals surface area contributed by atoms with Gasteiger partial charge >= 0.3 is 0 Å². The second-order valence-electron chi connectivity index (χ2n) is 3.99. The molecule has 0 amide bonds. The molecule has 3 rings (SSSR count). The summed E-state index contributed by atoms with van der Waals surface area (Å²) in [4.78, 5) is 0. The van der Waals surface area contributed by atoms with Gasteiger partial charge in [-0.15, -0.1) is 0 Å². The van der Waals surface area contributed by atoms with Gasteiger partial charge in [0.2, 0.25) is 0 Å². The fraction of sp³-hybridized carbons (Fsp3) is 0.143. The molecule has 0 radical (unpaired) electrons. The zero-order valence-corrected chi connectivity index (χ0v) is 11.2. The Balaban J connectivity index is 0.000000853. The van der Waals surface area contributed by atoms with Crippen LogP contribution in [0.2, 0.25) is 0 Å². The molecule has 0 N–H and O–H groups in total. The van der Waals surface area contributed by atoms with E-state index in [1.54, 1.807) is 0 Å². The zero-order chi connectivity index (χ0) is 9.54. The van der Waals surface area contributed by atoms with Crippen molar-refractivity contribution >= 4 is 0 Å². The molecular formula is C14H12Zr. The Kier molecular flexibility index (Phi) is 2.93.